The average Bonchev–Trinajstić information content (AvgIpc) is 3.29. The molecular weight excluding hydrogens is 464 g/mol. The van der Waals surface area contributed by atoms with E-state index in [2.05, 4.69) is 15.5 Å². The van der Waals surface area contributed by atoms with Gasteiger partial charge in [0.15, 0.2) is 0 Å². The summed E-state index contributed by atoms with van der Waals surface area (Å²) in [5, 5.41) is 22.1. The molecule has 1 heterocycles. The molecule has 0 atom stereocenters. The molecule has 1 N–H and O–H groups in total. The van der Waals surface area contributed by atoms with Crippen molar-refractivity contribution in [2.24, 2.45) is 0 Å². The van der Waals surface area contributed by atoms with Crippen molar-refractivity contribution in [2.45, 2.75) is 11.1 Å². The predicted octanol–water partition coefficient (Wildman–Crippen LogP) is 5.54. The standard InChI is InChI=1S/C23H17ClN4O4S/c24-18-12-11-17(13-19(18)28(30)31)25-20(29)14-33-23-27-26-22(32-23)21(15-7-3-1-4-8-15)16-9-5-2-6-10-16/h1-13,21H,14H2,(H,25,29). The van der Waals surface area contributed by atoms with Crippen LogP contribution in [0.4, 0.5) is 11.4 Å². The van der Waals surface area contributed by atoms with Crippen LogP contribution in [0.25, 0.3) is 0 Å². The second kappa shape index (κ2) is 10.3. The van der Waals surface area contributed by atoms with E-state index in [1.54, 1.807) is 0 Å². The van der Waals surface area contributed by atoms with E-state index in [0.717, 1.165) is 22.9 Å². The Bertz CT molecular complexity index is 1230. The first-order chi connectivity index (χ1) is 16.0. The fourth-order valence-corrected chi connectivity index (χ4v) is 3.97. The molecule has 0 saturated carbocycles. The van der Waals surface area contributed by atoms with Gasteiger partial charge in [0.25, 0.3) is 10.9 Å². The predicted molar refractivity (Wildman–Crippen MR) is 126 cm³/mol. The number of nitro benzene ring substituents is 1. The van der Waals surface area contributed by atoms with E-state index >= 15 is 0 Å². The molecule has 8 nitrogen and oxygen atoms in total. The Morgan fingerprint density at radius 1 is 1.03 bits per heavy atom. The lowest BCUT2D eigenvalue weighted by molar-refractivity contribution is -0.384. The average molecular weight is 481 g/mol. The second-order valence-corrected chi connectivity index (χ2v) is 8.25. The Morgan fingerprint density at radius 3 is 2.27 bits per heavy atom. The number of nitrogens with zero attached hydrogens (tertiary/aromatic N) is 3. The van der Waals surface area contributed by atoms with Gasteiger partial charge in [-0.1, -0.05) is 84.0 Å². The summed E-state index contributed by atoms with van der Waals surface area (Å²) < 4.78 is 5.88. The smallest absolute Gasteiger partial charge is 0.289 e. The number of carbonyl (C=O) groups excluding carboxylic acids is 1. The number of anilines is 1. The van der Waals surface area contributed by atoms with Crippen LogP contribution in [0.5, 0.6) is 0 Å². The number of halogens is 1. The Morgan fingerprint density at radius 2 is 1.67 bits per heavy atom. The molecule has 0 aliphatic heterocycles. The molecule has 0 unspecified atom stereocenters. The monoisotopic (exact) mass is 480 g/mol. The Kier molecular flexibility index (Phi) is 7.01. The normalized spacial score (nSPS) is 10.8. The topological polar surface area (TPSA) is 111 Å². The summed E-state index contributed by atoms with van der Waals surface area (Å²) in [6.45, 7) is 0. The number of hydrogen-bond donors (Lipinski definition) is 1. The molecule has 0 aliphatic carbocycles. The fraction of sp³-hybridized carbons (Fsp3) is 0.0870. The molecule has 4 rings (SSSR count). The van der Waals surface area contributed by atoms with Gasteiger partial charge in [0.1, 0.15) is 5.02 Å². The quantitative estimate of drug-likeness (QED) is 0.200. The molecule has 33 heavy (non-hydrogen) atoms. The van der Waals surface area contributed by atoms with Gasteiger partial charge in [-0.3, -0.25) is 14.9 Å². The molecule has 0 bridgehead atoms. The Labute approximate surface area is 198 Å². The van der Waals surface area contributed by atoms with E-state index in [9.17, 15) is 14.9 Å². The van der Waals surface area contributed by atoms with Crippen LogP contribution in [0.15, 0.2) is 88.5 Å². The molecule has 10 heteroatoms. The van der Waals surface area contributed by atoms with Crippen molar-refractivity contribution in [3.05, 3.63) is 111 Å². The van der Waals surface area contributed by atoms with Crippen molar-refractivity contribution in [1.82, 2.24) is 10.2 Å². The molecule has 0 saturated heterocycles. The van der Waals surface area contributed by atoms with Gasteiger partial charge in [-0.05, 0) is 23.3 Å². The zero-order valence-corrected chi connectivity index (χ0v) is 18.6. The number of benzene rings is 3. The Balaban J connectivity index is 1.45. The molecule has 1 aromatic heterocycles. The molecule has 0 fully saturated rings. The van der Waals surface area contributed by atoms with Crippen LogP contribution < -0.4 is 5.32 Å². The van der Waals surface area contributed by atoms with Gasteiger partial charge < -0.3 is 9.73 Å². The zero-order chi connectivity index (χ0) is 23.2. The first kappa shape index (κ1) is 22.5. The number of amides is 1. The third kappa shape index (κ3) is 5.57. The summed E-state index contributed by atoms with van der Waals surface area (Å²) in [5.41, 5.74) is 2.00. The summed E-state index contributed by atoms with van der Waals surface area (Å²) >= 11 is 6.88. The minimum atomic E-state index is -0.609. The SMILES string of the molecule is O=C(CSc1nnc(C(c2ccccc2)c2ccccc2)o1)Nc1ccc(Cl)c([N+](=O)[O-])c1. The van der Waals surface area contributed by atoms with E-state index in [-0.39, 0.29) is 39.2 Å². The minimum Gasteiger partial charge on any atom is -0.415 e. The summed E-state index contributed by atoms with van der Waals surface area (Å²) in [5.74, 6) is -0.209. The third-order valence-electron chi connectivity index (χ3n) is 4.69. The van der Waals surface area contributed by atoms with Crippen molar-refractivity contribution < 1.29 is 14.1 Å². The summed E-state index contributed by atoms with van der Waals surface area (Å²) in [6.07, 6.45) is 0. The van der Waals surface area contributed by atoms with Crippen LogP contribution in [-0.4, -0.2) is 26.8 Å². The highest BCUT2D eigenvalue weighted by atomic mass is 35.5. The minimum absolute atomic E-state index is 0.00264. The number of hydrogen-bond acceptors (Lipinski definition) is 7. The van der Waals surface area contributed by atoms with Crippen LogP contribution in [0.3, 0.4) is 0 Å². The summed E-state index contributed by atoms with van der Waals surface area (Å²) in [6, 6.07) is 23.7. The number of nitro groups is 1. The molecular formula is C23H17ClN4O4S. The molecule has 4 aromatic rings. The number of aromatic nitrogens is 2. The largest absolute Gasteiger partial charge is 0.415 e. The van der Waals surface area contributed by atoms with Gasteiger partial charge in [-0.15, -0.1) is 10.2 Å². The lowest BCUT2D eigenvalue weighted by Gasteiger charge is -2.13. The Hall–Kier alpha value is -3.69. The lowest BCUT2D eigenvalue weighted by Crippen LogP contribution is -2.14. The first-order valence-electron chi connectivity index (χ1n) is 9.81. The van der Waals surface area contributed by atoms with Gasteiger partial charge in [-0.25, -0.2) is 0 Å². The van der Waals surface area contributed by atoms with Crippen LogP contribution in [0.1, 0.15) is 22.9 Å². The summed E-state index contributed by atoms with van der Waals surface area (Å²) in [4.78, 5) is 22.7. The van der Waals surface area contributed by atoms with Crippen molar-refractivity contribution in [3.8, 4) is 0 Å². The maximum atomic E-state index is 12.3. The molecule has 3 aromatic carbocycles. The third-order valence-corrected chi connectivity index (χ3v) is 5.83. The van der Waals surface area contributed by atoms with Crippen LogP contribution >= 0.6 is 23.4 Å². The van der Waals surface area contributed by atoms with E-state index in [1.807, 2.05) is 60.7 Å². The van der Waals surface area contributed by atoms with Crippen LogP contribution in [0, 0.1) is 10.1 Å². The highest BCUT2D eigenvalue weighted by Crippen LogP contribution is 2.32. The van der Waals surface area contributed by atoms with E-state index in [1.165, 1.54) is 18.2 Å². The molecule has 1 amide bonds. The van der Waals surface area contributed by atoms with Gasteiger partial charge in [-0.2, -0.15) is 0 Å². The lowest BCUT2D eigenvalue weighted by atomic mass is 9.91. The van der Waals surface area contributed by atoms with Crippen molar-refractivity contribution >= 4 is 40.6 Å². The first-order valence-corrected chi connectivity index (χ1v) is 11.2. The zero-order valence-electron chi connectivity index (χ0n) is 17.1. The van der Waals surface area contributed by atoms with Crippen LogP contribution in [0.2, 0.25) is 5.02 Å². The van der Waals surface area contributed by atoms with Gasteiger partial charge in [0.05, 0.1) is 16.6 Å². The van der Waals surface area contributed by atoms with Crippen LogP contribution in [-0.2, 0) is 4.79 Å². The number of carbonyl (C=O) groups is 1. The van der Waals surface area contributed by atoms with Gasteiger partial charge in [0.2, 0.25) is 11.8 Å². The van der Waals surface area contributed by atoms with Gasteiger partial charge >= 0.3 is 0 Å². The maximum absolute atomic E-state index is 12.3. The molecule has 0 radical (unpaired) electrons. The molecule has 0 aliphatic rings. The second-order valence-electron chi connectivity index (χ2n) is 6.92. The van der Waals surface area contributed by atoms with Crippen molar-refractivity contribution in [1.29, 1.82) is 0 Å². The van der Waals surface area contributed by atoms with E-state index < -0.39 is 4.92 Å². The van der Waals surface area contributed by atoms with E-state index in [4.69, 9.17) is 16.0 Å². The number of rotatable bonds is 8. The van der Waals surface area contributed by atoms with Crippen molar-refractivity contribution in [2.75, 3.05) is 11.1 Å². The fourth-order valence-electron chi connectivity index (χ4n) is 3.22. The van der Waals surface area contributed by atoms with E-state index in [0.29, 0.717) is 5.89 Å². The highest BCUT2D eigenvalue weighted by Gasteiger charge is 2.23. The maximum Gasteiger partial charge on any atom is 0.289 e. The highest BCUT2D eigenvalue weighted by molar-refractivity contribution is 7.99. The number of thioether (sulfide) groups is 1. The molecule has 166 valence electrons. The molecule has 0 spiro atoms. The van der Waals surface area contributed by atoms with Crippen molar-refractivity contribution in [3.63, 3.8) is 0 Å². The van der Waals surface area contributed by atoms with Gasteiger partial charge in [0, 0.05) is 11.8 Å². The number of nitrogens with one attached hydrogen (secondary N) is 1. The summed E-state index contributed by atoms with van der Waals surface area (Å²) in [7, 11) is 0.